The van der Waals surface area contributed by atoms with Gasteiger partial charge in [0.25, 0.3) is 0 Å². The van der Waals surface area contributed by atoms with Crippen LogP contribution in [0.15, 0.2) is 97.2 Å². The highest BCUT2D eigenvalue weighted by atomic mass is 31.2. The summed E-state index contributed by atoms with van der Waals surface area (Å²) in [5, 5.41) is 9.46. The van der Waals surface area contributed by atoms with Crippen molar-refractivity contribution in [2.45, 2.75) is 148 Å². The van der Waals surface area contributed by atoms with Crippen molar-refractivity contribution in [2.75, 3.05) is 26.4 Å². The number of ether oxygens (including phenoxy) is 2. The summed E-state index contributed by atoms with van der Waals surface area (Å²) in [6.07, 6.45) is 48.2. The molecule has 10 nitrogen and oxygen atoms in total. The van der Waals surface area contributed by atoms with Gasteiger partial charge in [-0.15, -0.1) is 0 Å². The minimum atomic E-state index is -4.41. The maximum Gasteiger partial charge on any atom is 0.472 e. The summed E-state index contributed by atoms with van der Waals surface area (Å²) in [7, 11) is -4.41. The van der Waals surface area contributed by atoms with Crippen molar-refractivity contribution < 1.29 is 42.7 Å². The van der Waals surface area contributed by atoms with E-state index in [-0.39, 0.29) is 38.7 Å². The van der Waals surface area contributed by atoms with Crippen LogP contribution in [0.1, 0.15) is 136 Å². The van der Waals surface area contributed by atoms with Gasteiger partial charge in [0.05, 0.1) is 19.3 Å². The van der Waals surface area contributed by atoms with Crippen LogP contribution in [-0.4, -0.2) is 60.5 Å². The van der Waals surface area contributed by atoms with E-state index in [1.54, 1.807) is 6.08 Å². The molecule has 0 saturated carbocycles. The zero-order valence-electron chi connectivity index (χ0n) is 34.4. The molecule has 56 heavy (non-hydrogen) atoms. The summed E-state index contributed by atoms with van der Waals surface area (Å²) in [5.74, 6) is -0.953. The normalized spacial score (nSPS) is 14.9. The van der Waals surface area contributed by atoms with Gasteiger partial charge in [0.15, 0.2) is 6.10 Å². The van der Waals surface area contributed by atoms with Crippen LogP contribution >= 0.6 is 7.82 Å². The van der Waals surface area contributed by atoms with Crippen LogP contribution in [0.5, 0.6) is 0 Å². The Kier molecular flexibility index (Phi) is 37.9. The molecule has 0 heterocycles. The molecule has 0 bridgehead atoms. The lowest BCUT2D eigenvalue weighted by Crippen LogP contribution is -2.29. The monoisotopic (exact) mass is 804 g/mol. The minimum absolute atomic E-state index is 0.0306. The van der Waals surface area contributed by atoms with Gasteiger partial charge in [0.2, 0.25) is 0 Å². The molecule has 0 aliphatic rings. The maximum absolute atomic E-state index is 12.6. The van der Waals surface area contributed by atoms with E-state index in [1.807, 2.05) is 37.3 Å². The zero-order chi connectivity index (χ0) is 41.2. The molecule has 0 spiro atoms. The molecule has 0 amide bonds. The second-order valence-corrected chi connectivity index (χ2v) is 14.8. The van der Waals surface area contributed by atoms with E-state index < -0.39 is 32.5 Å². The molecule has 0 fully saturated rings. The van der Waals surface area contributed by atoms with Crippen molar-refractivity contribution in [1.29, 1.82) is 0 Å². The van der Waals surface area contributed by atoms with Gasteiger partial charge in [0.1, 0.15) is 6.61 Å². The number of unbranched alkanes of at least 4 members (excludes halogenated alkanes) is 8. The fourth-order valence-electron chi connectivity index (χ4n) is 4.86. The number of aliphatic hydroxyl groups excluding tert-OH is 1. The SMILES string of the molecule is CCCCC/C=C\C/C=C\C/C=C\CCCCCCC(=O)O[C@H](COC(=O)CCC/C=C\C/C=C\C/C=C\C/C=C\C=C\[C@@H](O)CC)COP(=O)(O)OCCN. The highest BCUT2D eigenvalue weighted by Crippen LogP contribution is 2.43. The summed E-state index contributed by atoms with van der Waals surface area (Å²) in [6, 6.07) is 0. The number of esters is 2. The van der Waals surface area contributed by atoms with Crippen molar-refractivity contribution in [1.82, 2.24) is 0 Å². The molecule has 0 aromatic heterocycles. The first-order valence-corrected chi connectivity index (χ1v) is 22.3. The summed E-state index contributed by atoms with van der Waals surface area (Å²) in [6.45, 7) is 3.24. The molecule has 0 radical (unpaired) electrons. The Balaban J connectivity index is 4.36. The molecule has 0 aliphatic heterocycles. The Labute approximate surface area is 339 Å². The van der Waals surface area contributed by atoms with Crippen LogP contribution in [-0.2, 0) is 32.7 Å². The minimum Gasteiger partial charge on any atom is -0.462 e. The Bertz CT molecular complexity index is 1250. The fraction of sp³-hybridized carbons (Fsp3) is 0.600. The van der Waals surface area contributed by atoms with Crippen LogP contribution in [0, 0.1) is 0 Å². The van der Waals surface area contributed by atoms with E-state index in [1.165, 1.54) is 25.7 Å². The molecule has 0 aromatic rings. The number of phosphoric ester groups is 1. The Morgan fingerprint density at radius 3 is 1.71 bits per heavy atom. The molecule has 11 heteroatoms. The summed E-state index contributed by atoms with van der Waals surface area (Å²) in [4.78, 5) is 34.8. The topological polar surface area (TPSA) is 155 Å². The molecular weight excluding hydrogens is 729 g/mol. The first kappa shape index (κ1) is 52.9. The lowest BCUT2D eigenvalue weighted by Gasteiger charge is -2.19. The van der Waals surface area contributed by atoms with Crippen LogP contribution in [0.25, 0.3) is 0 Å². The zero-order valence-corrected chi connectivity index (χ0v) is 35.3. The molecular formula is C45H74NO9P. The molecule has 1 unspecified atom stereocenters. The third kappa shape index (κ3) is 39.1. The second-order valence-electron chi connectivity index (χ2n) is 13.3. The third-order valence-corrected chi connectivity index (χ3v) is 9.10. The maximum atomic E-state index is 12.6. The van der Waals surface area contributed by atoms with Gasteiger partial charge in [0, 0.05) is 19.4 Å². The number of allylic oxidation sites excluding steroid dienone is 15. The van der Waals surface area contributed by atoms with Gasteiger partial charge < -0.3 is 25.2 Å². The van der Waals surface area contributed by atoms with Crippen LogP contribution in [0.3, 0.4) is 0 Å². The Morgan fingerprint density at radius 1 is 0.625 bits per heavy atom. The number of carbonyl (C=O) groups is 2. The van der Waals surface area contributed by atoms with Gasteiger partial charge in [-0.1, -0.05) is 137 Å². The molecule has 0 rings (SSSR count). The number of carbonyl (C=O) groups excluding carboxylic acids is 2. The predicted octanol–water partition coefficient (Wildman–Crippen LogP) is 10.8. The highest BCUT2D eigenvalue weighted by molar-refractivity contribution is 7.47. The van der Waals surface area contributed by atoms with Crippen LogP contribution in [0.2, 0.25) is 0 Å². The standard InChI is InChI=1S/C45H74NO9P/c1-3-5-6-7-8-9-10-11-12-13-14-19-22-25-28-31-34-37-45(49)55-43(41-54-56(50,51)53-39-38-46)40-52-44(48)36-33-30-27-24-21-18-16-15-17-20-23-26-29-32-35-42(47)4-2/h8-9,11-12,14,16-20,24,26-27,29,32,35,42-43,47H,3-7,10,13,15,21-23,25,28,30-31,33-34,36-41,46H2,1-2H3,(H,50,51)/b9-8-,12-11-,18-16-,19-14-,20-17-,27-24-,29-26-,35-32+/t42-,43+/m0/s1. The fourth-order valence-corrected chi connectivity index (χ4v) is 5.63. The molecule has 4 N–H and O–H groups in total. The van der Waals surface area contributed by atoms with Gasteiger partial charge in [-0.25, -0.2) is 4.57 Å². The largest absolute Gasteiger partial charge is 0.472 e. The number of hydrogen-bond donors (Lipinski definition) is 3. The predicted molar refractivity (Wildman–Crippen MR) is 230 cm³/mol. The van der Waals surface area contributed by atoms with E-state index in [2.05, 4.69) is 67.7 Å². The molecule has 0 saturated heterocycles. The van der Waals surface area contributed by atoms with Gasteiger partial charge in [-0.05, 0) is 83.5 Å². The highest BCUT2D eigenvalue weighted by Gasteiger charge is 2.25. The number of hydrogen-bond acceptors (Lipinski definition) is 9. The third-order valence-electron chi connectivity index (χ3n) is 8.11. The Morgan fingerprint density at radius 2 is 1.14 bits per heavy atom. The summed E-state index contributed by atoms with van der Waals surface area (Å²) < 4.78 is 32.6. The number of nitrogens with two attached hydrogens (primary N) is 1. The molecule has 3 atom stereocenters. The van der Waals surface area contributed by atoms with Gasteiger partial charge in [-0.3, -0.25) is 18.6 Å². The molecule has 318 valence electrons. The van der Waals surface area contributed by atoms with Gasteiger partial charge in [-0.2, -0.15) is 0 Å². The quantitative estimate of drug-likeness (QED) is 0.0182. The van der Waals surface area contributed by atoms with Crippen molar-refractivity contribution in [3.63, 3.8) is 0 Å². The van der Waals surface area contributed by atoms with Gasteiger partial charge >= 0.3 is 19.8 Å². The smallest absolute Gasteiger partial charge is 0.462 e. The van der Waals surface area contributed by atoms with E-state index >= 15 is 0 Å². The average molecular weight is 804 g/mol. The van der Waals surface area contributed by atoms with E-state index in [0.29, 0.717) is 25.7 Å². The summed E-state index contributed by atoms with van der Waals surface area (Å²) >= 11 is 0. The van der Waals surface area contributed by atoms with E-state index in [0.717, 1.165) is 57.8 Å². The summed E-state index contributed by atoms with van der Waals surface area (Å²) in [5.41, 5.74) is 5.33. The molecule has 0 aromatic carbocycles. The first-order valence-electron chi connectivity index (χ1n) is 20.8. The molecule has 0 aliphatic carbocycles. The van der Waals surface area contributed by atoms with Crippen LogP contribution < -0.4 is 5.73 Å². The number of aliphatic hydroxyl groups is 1. The Hall–Kier alpha value is -3.11. The van der Waals surface area contributed by atoms with Crippen molar-refractivity contribution in [3.05, 3.63) is 97.2 Å². The van der Waals surface area contributed by atoms with Crippen molar-refractivity contribution in [3.8, 4) is 0 Å². The van der Waals surface area contributed by atoms with Crippen LogP contribution in [0.4, 0.5) is 0 Å². The van der Waals surface area contributed by atoms with E-state index in [4.69, 9.17) is 24.3 Å². The lowest BCUT2D eigenvalue weighted by atomic mass is 10.1. The first-order chi connectivity index (χ1) is 27.2. The number of rotatable bonds is 37. The van der Waals surface area contributed by atoms with E-state index in [9.17, 15) is 24.2 Å². The van der Waals surface area contributed by atoms with Crippen molar-refractivity contribution in [2.24, 2.45) is 5.73 Å². The average Bonchev–Trinajstić information content (AvgIpc) is 3.18. The van der Waals surface area contributed by atoms with Crippen molar-refractivity contribution >= 4 is 19.8 Å². The second kappa shape index (κ2) is 40.1. The lowest BCUT2D eigenvalue weighted by molar-refractivity contribution is -0.161. The number of phosphoric acid groups is 1.